The first-order valence-corrected chi connectivity index (χ1v) is 15.5. The molecular formula is C37H38N4O6. The predicted molar refractivity (Wildman–Crippen MR) is 179 cm³/mol. The van der Waals surface area contributed by atoms with E-state index in [1.165, 1.54) is 7.11 Å². The molecule has 1 heterocycles. The fourth-order valence-corrected chi connectivity index (χ4v) is 5.71. The van der Waals surface area contributed by atoms with E-state index in [1.54, 1.807) is 48.5 Å². The summed E-state index contributed by atoms with van der Waals surface area (Å²) in [6, 6.07) is 30.2. The highest BCUT2D eigenvalue weighted by Gasteiger charge is 2.40. The van der Waals surface area contributed by atoms with Crippen molar-refractivity contribution in [3.05, 3.63) is 125 Å². The molecule has 3 N–H and O–H groups in total. The smallest absolute Gasteiger partial charge is 0.337 e. The molecule has 0 aliphatic carbocycles. The predicted octanol–water partition coefficient (Wildman–Crippen LogP) is 5.72. The fraction of sp³-hybridized carbons (Fsp3) is 0.243. The Morgan fingerprint density at radius 2 is 1.55 bits per heavy atom. The summed E-state index contributed by atoms with van der Waals surface area (Å²) in [7, 11) is 1.31. The Bertz CT molecular complexity index is 1680. The molecule has 0 saturated carbocycles. The maximum Gasteiger partial charge on any atom is 0.337 e. The fourth-order valence-electron chi connectivity index (χ4n) is 5.71. The van der Waals surface area contributed by atoms with Crippen LogP contribution < -0.4 is 20.8 Å². The van der Waals surface area contributed by atoms with Crippen molar-refractivity contribution in [2.75, 3.05) is 17.7 Å². The summed E-state index contributed by atoms with van der Waals surface area (Å²) in [5, 5.41) is 7.51. The van der Waals surface area contributed by atoms with Gasteiger partial charge in [0.2, 0.25) is 5.91 Å². The third kappa shape index (κ3) is 8.83. The minimum atomic E-state index is -0.865. The van der Waals surface area contributed by atoms with Crippen LogP contribution in [0.15, 0.2) is 103 Å². The zero-order valence-corrected chi connectivity index (χ0v) is 26.3. The van der Waals surface area contributed by atoms with Gasteiger partial charge in [-0.2, -0.15) is 0 Å². The molecule has 10 nitrogen and oxygen atoms in total. The Kier molecular flexibility index (Phi) is 11.0. The van der Waals surface area contributed by atoms with Crippen molar-refractivity contribution in [1.82, 2.24) is 10.4 Å². The molecule has 0 bridgehead atoms. The van der Waals surface area contributed by atoms with E-state index in [0.717, 1.165) is 35.1 Å². The third-order valence-corrected chi connectivity index (χ3v) is 8.14. The number of aldehydes is 1. The molecule has 4 aromatic carbocycles. The standard InChI is InChI=1S/C37H38N4O6/c1-25-8-6-7-11-32(25)39-37(45)38-29-16-12-27(13-17-29)23-35(43)40-41-30(22-26-9-4-3-5-10-26)18-21-33(41)34(24-42)47-31-19-14-28(15-20-31)36(44)46-2/h3-17,19-20,24,30,33-34H,18,21-23H2,1-2H3,(H,40,43)(H2,38,39,45)/t30-,33+,34?/m1/s1. The number of aryl methyl sites for hydroxylation is 1. The van der Waals surface area contributed by atoms with Crippen LogP contribution in [0.25, 0.3) is 0 Å². The lowest BCUT2D eigenvalue weighted by molar-refractivity contribution is -0.129. The summed E-state index contributed by atoms with van der Waals surface area (Å²) in [5.74, 6) is -0.277. The number of ether oxygens (including phenoxy) is 2. The highest BCUT2D eigenvalue weighted by Crippen LogP contribution is 2.29. The van der Waals surface area contributed by atoms with Gasteiger partial charge in [-0.3, -0.25) is 15.0 Å². The van der Waals surface area contributed by atoms with Gasteiger partial charge in [-0.1, -0.05) is 60.7 Å². The van der Waals surface area contributed by atoms with Gasteiger partial charge in [-0.05, 0) is 85.3 Å². The zero-order valence-electron chi connectivity index (χ0n) is 26.3. The van der Waals surface area contributed by atoms with Gasteiger partial charge in [0.15, 0.2) is 12.4 Å². The molecule has 0 spiro atoms. The Hall–Kier alpha value is -5.48. The molecule has 5 rings (SSSR count). The van der Waals surface area contributed by atoms with Gasteiger partial charge in [0.1, 0.15) is 5.75 Å². The van der Waals surface area contributed by atoms with E-state index in [-0.39, 0.29) is 24.4 Å². The van der Waals surface area contributed by atoms with E-state index < -0.39 is 18.1 Å². The van der Waals surface area contributed by atoms with Crippen molar-refractivity contribution in [2.45, 2.75) is 50.8 Å². The van der Waals surface area contributed by atoms with E-state index >= 15 is 0 Å². The highest BCUT2D eigenvalue weighted by atomic mass is 16.5. The van der Waals surface area contributed by atoms with Gasteiger partial charge >= 0.3 is 12.0 Å². The van der Waals surface area contributed by atoms with Crippen LogP contribution in [0.3, 0.4) is 0 Å². The number of hydrogen-bond donors (Lipinski definition) is 3. The second-order valence-electron chi connectivity index (χ2n) is 11.4. The molecule has 1 fully saturated rings. The number of nitrogens with one attached hydrogen (secondary N) is 3. The van der Waals surface area contributed by atoms with Crippen molar-refractivity contribution in [3.8, 4) is 5.75 Å². The summed E-state index contributed by atoms with van der Waals surface area (Å²) in [6.45, 7) is 1.92. The summed E-state index contributed by atoms with van der Waals surface area (Å²) >= 11 is 0. The number of nitrogens with zero attached hydrogens (tertiary/aromatic N) is 1. The quantitative estimate of drug-likeness (QED) is 0.134. The van der Waals surface area contributed by atoms with E-state index in [9.17, 15) is 19.2 Å². The van der Waals surface area contributed by atoms with Gasteiger partial charge in [-0.15, -0.1) is 0 Å². The number of benzene rings is 4. The Labute approximate surface area is 274 Å². The first kappa shape index (κ1) is 32.9. The van der Waals surface area contributed by atoms with Crippen molar-refractivity contribution in [1.29, 1.82) is 0 Å². The molecule has 0 aromatic heterocycles. The number of rotatable bonds is 12. The average Bonchev–Trinajstić information content (AvgIpc) is 3.46. The summed E-state index contributed by atoms with van der Waals surface area (Å²) in [4.78, 5) is 50.1. The van der Waals surface area contributed by atoms with E-state index in [1.807, 2.05) is 66.5 Å². The topological polar surface area (TPSA) is 126 Å². The Balaban J connectivity index is 1.24. The van der Waals surface area contributed by atoms with Crippen LogP contribution in [0.5, 0.6) is 5.75 Å². The molecule has 1 unspecified atom stereocenters. The maximum absolute atomic E-state index is 13.4. The maximum atomic E-state index is 13.4. The second kappa shape index (κ2) is 15.7. The first-order chi connectivity index (χ1) is 22.8. The molecule has 242 valence electrons. The number of hydrogen-bond acceptors (Lipinski definition) is 7. The lowest BCUT2D eigenvalue weighted by Crippen LogP contribution is -2.55. The number of amides is 3. The summed E-state index contributed by atoms with van der Waals surface area (Å²) in [6.07, 6.45) is 2.05. The Morgan fingerprint density at radius 1 is 0.851 bits per heavy atom. The molecule has 1 saturated heterocycles. The molecule has 1 aliphatic heterocycles. The van der Waals surface area contributed by atoms with Crippen molar-refractivity contribution < 1.29 is 28.7 Å². The number of esters is 1. The summed E-state index contributed by atoms with van der Waals surface area (Å²) in [5.41, 5.74) is 7.59. The van der Waals surface area contributed by atoms with E-state index in [4.69, 9.17) is 9.47 Å². The minimum absolute atomic E-state index is 0.0579. The van der Waals surface area contributed by atoms with E-state index in [0.29, 0.717) is 29.8 Å². The van der Waals surface area contributed by atoms with Gasteiger partial charge in [0, 0.05) is 17.4 Å². The minimum Gasteiger partial charge on any atom is -0.481 e. The molecular weight excluding hydrogens is 596 g/mol. The average molecular weight is 635 g/mol. The van der Waals surface area contributed by atoms with Crippen LogP contribution in [0.2, 0.25) is 0 Å². The van der Waals surface area contributed by atoms with Crippen LogP contribution in [0, 0.1) is 6.92 Å². The number of carbonyl (C=O) groups excluding carboxylic acids is 4. The second-order valence-corrected chi connectivity index (χ2v) is 11.4. The lowest BCUT2D eigenvalue weighted by atomic mass is 10.0. The molecule has 0 radical (unpaired) electrons. The third-order valence-electron chi connectivity index (χ3n) is 8.14. The van der Waals surface area contributed by atoms with Gasteiger partial charge in [0.05, 0.1) is 25.1 Å². The zero-order chi connectivity index (χ0) is 33.2. The van der Waals surface area contributed by atoms with Crippen LogP contribution in [0.1, 0.15) is 39.9 Å². The van der Waals surface area contributed by atoms with Crippen molar-refractivity contribution >= 4 is 35.6 Å². The van der Waals surface area contributed by atoms with E-state index in [2.05, 4.69) is 16.1 Å². The number of para-hydroxylation sites is 1. The number of carbonyl (C=O) groups is 4. The number of anilines is 2. The Morgan fingerprint density at radius 3 is 2.23 bits per heavy atom. The van der Waals surface area contributed by atoms with Gasteiger partial charge in [-0.25, -0.2) is 14.6 Å². The monoisotopic (exact) mass is 634 g/mol. The first-order valence-electron chi connectivity index (χ1n) is 15.5. The molecule has 3 atom stereocenters. The number of methoxy groups -OCH3 is 1. The van der Waals surface area contributed by atoms with Gasteiger partial charge < -0.3 is 20.1 Å². The molecule has 1 aliphatic rings. The molecule has 10 heteroatoms. The summed E-state index contributed by atoms with van der Waals surface area (Å²) < 4.78 is 10.8. The van der Waals surface area contributed by atoms with Crippen molar-refractivity contribution in [2.24, 2.45) is 0 Å². The largest absolute Gasteiger partial charge is 0.481 e. The van der Waals surface area contributed by atoms with Crippen LogP contribution in [-0.2, 0) is 27.2 Å². The molecule has 4 aromatic rings. The van der Waals surface area contributed by atoms with Crippen LogP contribution >= 0.6 is 0 Å². The normalized spacial score (nSPS) is 16.5. The van der Waals surface area contributed by atoms with Crippen molar-refractivity contribution in [3.63, 3.8) is 0 Å². The van der Waals surface area contributed by atoms with Gasteiger partial charge in [0.25, 0.3) is 0 Å². The number of urea groups is 1. The highest BCUT2D eigenvalue weighted by molar-refractivity contribution is 6.00. The molecule has 3 amide bonds. The van der Waals surface area contributed by atoms with Crippen LogP contribution in [-0.4, -0.2) is 54.5 Å². The van der Waals surface area contributed by atoms with Crippen LogP contribution in [0.4, 0.5) is 16.2 Å². The number of hydrazine groups is 1. The molecule has 47 heavy (non-hydrogen) atoms. The SMILES string of the molecule is COC(=O)c1ccc(OC(C=O)[C@@H]2CC[C@H](Cc3ccccc3)N2NC(=O)Cc2ccc(NC(=O)Nc3ccccc3C)cc2)cc1. The lowest BCUT2D eigenvalue weighted by Gasteiger charge is -2.33.